The topological polar surface area (TPSA) is 106 Å². The molecule has 0 unspecified atom stereocenters. The normalized spacial score (nSPS) is 10.7. The van der Waals surface area contributed by atoms with Crippen LogP contribution in [0.25, 0.3) is 10.9 Å². The quantitative estimate of drug-likeness (QED) is 0.366. The number of fused-ring (bicyclic) bond motifs is 1. The number of nitrogens with one attached hydrogen (secondary N) is 2. The van der Waals surface area contributed by atoms with Crippen LogP contribution in [-0.2, 0) is 0 Å². The van der Waals surface area contributed by atoms with Gasteiger partial charge in [-0.15, -0.1) is 0 Å². The molecule has 0 saturated carbocycles. The van der Waals surface area contributed by atoms with E-state index < -0.39 is 4.92 Å². The van der Waals surface area contributed by atoms with Crippen LogP contribution in [0.2, 0.25) is 0 Å². The van der Waals surface area contributed by atoms with E-state index in [4.69, 9.17) is 0 Å². The Morgan fingerprint density at radius 1 is 0.862 bits per heavy atom. The molecule has 2 N–H and O–H groups in total. The molecule has 2 aromatic carbocycles. The zero-order valence-corrected chi connectivity index (χ0v) is 15.9. The van der Waals surface area contributed by atoms with Crippen molar-refractivity contribution in [3.63, 3.8) is 0 Å². The van der Waals surface area contributed by atoms with Gasteiger partial charge < -0.3 is 10.6 Å². The minimum Gasteiger partial charge on any atom is -0.334 e. The second-order valence-electron chi connectivity index (χ2n) is 6.57. The lowest BCUT2D eigenvalue weighted by Gasteiger charge is -2.12. The van der Waals surface area contributed by atoms with Gasteiger partial charge in [0.15, 0.2) is 0 Å². The Labute approximate surface area is 166 Å². The van der Waals surface area contributed by atoms with Crippen molar-refractivity contribution in [1.82, 2.24) is 15.0 Å². The van der Waals surface area contributed by atoms with Crippen LogP contribution in [0, 0.1) is 24.0 Å². The standard InChI is InChI=1S/C21H18N6O2/c1-13-6-3-4-7-16(13)25-20-19(27(28)29)21(23-12-22-20)26-18-9-5-8-17-15(18)11-10-14(2)24-17/h3-12H,1-2H3,(H2,22,23,25,26). The minimum atomic E-state index is -0.490. The second-order valence-corrected chi connectivity index (χ2v) is 6.57. The van der Waals surface area contributed by atoms with Crippen molar-refractivity contribution in [3.05, 3.63) is 82.3 Å². The maximum Gasteiger partial charge on any atom is 0.353 e. The number of rotatable bonds is 5. The Bertz CT molecular complexity index is 1220. The van der Waals surface area contributed by atoms with Crippen molar-refractivity contribution in [2.24, 2.45) is 0 Å². The predicted octanol–water partition coefficient (Wildman–Crippen LogP) is 5.04. The van der Waals surface area contributed by atoms with Gasteiger partial charge in [0.25, 0.3) is 0 Å². The van der Waals surface area contributed by atoms with Crippen LogP contribution in [0.3, 0.4) is 0 Å². The molecule has 0 radical (unpaired) electrons. The highest BCUT2D eigenvalue weighted by Crippen LogP contribution is 2.35. The molecule has 2 aromatic heterocycles. The Morgan fingerprint density at radius 3 is 2.28 bits per heavy atom. The molecule has 29 heavy (non-hydrogen) atoms. The molecule has 2 heterocycles. The summed E-state index contributed by atoms with van der Waals surface area (Å²) in [5.74, 6) is 0.227. The molecule has 0 aliphatic rings. The molecule has 0 spiro atoms. The van der Waals surface area contributed by atoms with E-state index in [1.807, 2.05) is 68.4 Å². The Kier molecular flexibility index (Phi) is 4.74. The van der Waals surface area contributed by atoms with E-state index in [2.05, 4.69) is 25.6 Å². The van der Waals surface area contributed by atoms with E-state index in [0.29, 0.717) is 5.69 Å². The number of hydrogen-bond acceptors (Lipinski definition) is 7. The number of hydrogen-bond donors (Lipinski definition) is 2. The van der Waals surface area contributed by atoms with E-state index in [1.165, 1.54) is 6.33 Å². The highest BCUT2D eigenvalue weighted by Gasteiger charge is 2.24. The van der Waals surface area contributed by atoms with E-state index >= 15 is 0 Å². The molecule has 0 atom stereocenters. The smallest absolute Gasteiger partial charge is 0.334 e. The fourth-order valence-electron chi connectivity index (χ4n) is 3.07. The van der Waals surface area contributed by atoms with Crippen molar-refractivity contribution < 1.29 is 4.92 Å². The number of benzene rings is 2. The van der Waals surface area contributed by atoms with Crippen LogP contribution in [0.4, 0.5) is 28.7 Å². The maximum atomic E-state index is 11.8. The first kappa shape index (κ1) is 18.3. The molecular formula is C21H18N6O2. The van der Waals surface area contributed by atoms with Crippen LogP contribution in [-0.4, -0.2) is 19.9 Å². The first-order valence-corrected chi connectivity index (χ1v) is 8.98. The number of anilines is 4. The lowest BCUT2D eigenvalue weighted by Crippen LogP contribution is -2.06. The SMILES string of the molecule is Cc1ccc2c(Nc3ncnc(Nc4ccccc4C)c3[N+](=O)[O-])cccc2n1. The summed E-state index contributed by atoms with van der Waals surface area (Å²) in [6.45, 7) is 3.83. The molecule has 144 valence electrons. The first-order valence-electron chi connectivity index (χ1n) is 8.98. The highest BCUT2D eigenvalue weighted by atomic mass is 16.6. The second kappa shape index (κ2) is 7.51. The third kappa shape index (κ3) is 3.68. The van der Waals surface area contributed by atoms with Crippen molar-refractivity contribution in [2.45, 2.75) is 13.8 Å². The summed E-state index contributed by atoms with van der Waals surface area (Å²) in [7, 11) is 0. The summed E-state index contributed by atoms with van der Waals surface area (Å²) in [5, 5.41) is 18.8. The summed E-state index contributed by atoms with van der Waals surface area (Å²) in [5.41, 5.74) is 3.83. The molecule has 0 bridgehead atoms. The molecule has 4 rings (SSSR count). The molecule has 8 heteroatoms. The summed E-state index contributed by atoms with van der Waals surface area (Å²) in [4.78, 5) is 24.1. The van der Waals surface area contributed by atoms with Crippen molar-refractivity contribution in [1.29, 1.82) is 0 Å². The van der Waals surface area contributed by atoms with Crippen molar-refractivity contribution in [3.8, 4) is 0 Å². The largest absolute Gasteiger partial charge is 0.353 e. The summed E-state index contributed by atoms with van der Waals surface area (Å²) in [6.07, 6.45) is 1.30. The number of aryl methyl sites for hydroxylation is 2. The van der Waals surface area contributed by atoms with E-state index in [9.17, 15) is 10.1 Å². The number of nitrogens with zero attached hydrogens (tertiary/aromatic N) is 4. The number of nitro groups is 1. The van der Waals surface area contributed by atoms with Gasteiger partial charge in [-0.25, -0.2) is 9.97 Å². The Morgan fingerprint density at radius 2 is 1.55 bits per heavy atom. The Balaban J connectivity index is 1.77. The van der Waals surface area contributed by atoms with Crippen LogP contribution >= 0.6 is 0 Å². The molecule has 0 amide bonds. The van der Waals surface area contributed by atoms with Gasteiger partial charge in [0, 0.05) is 22.5 Å². The lowest BCUT2D eigenvalue weighted by atomic mass is 10.1. The molecule has 0 aliphatic carbocycles. The highest BCUT2D eigenvalue weighted by molar-refractivity contribution is 5.94. The van der Waals surface area contributed by atoms with Gasteiger partial charge >= 0.3 is 5.69 Å². The molecule has 8 nitrogen and oxygen atoms in total. The Hall–Kier alpha value is -4.07. The van der Waals surface area contributed by atoms with Crippen LogP contribution in [0.5, 0.6) is 0 Å². The van der Waals surface area contributed by atoms with E-state index in [-0.39, 0.29) is 17.3 Å². The van der Waals surface area contributed by atoms with Gasteiger partial charge in [-0.05, 0) is 49.7 Å². The zero-order chi connectivity index (χ0) is 20.4. The maximum absolute atomic E-state index is 11.8. The minimum absolute atomic E-state index is 0.106. The van der Waals surface area contributed by atoms with Crippen molar-refractivity contribution >= 4 is 39.6 Å². The zero-order valence-electron chi connectivity index (χ0n) is 15.9. The number of pyridine rings is 1. The third-order valence-corrected chi connectivity index (χ3v) is 4.53. The molecular weight excluding hydrogens is 368 g/mol. The monoisotopic (exact) mass is 386 g/mol. The van der Waals surface area contributed by atoms with Crippen LogP contribution < -0.4 is 10.6 Å². The lowest BCUT2D eigenvalue weighted by molar-refractivity contribution is -0.383. The fraction of sp³-hybridized carbons (Fsp3) is 0.0952. The number of para-hydroxylation sites is 1. The van der Waals surface area contributed by atoms with E-state index in [0.717, 1.165) is 27.8 Å². The third-order valence-electron chi connectivity index (χ3n) is 4.53. The fourth-order valence-corrected chi connectivity index (χ4v) is 3.07. The van der Waals surface area contributed by atoms with Crippen LogP contribution in [0.1, 0.15) is 11.3 Å². The average Bonchev–Trinajstić information content (AvgIpc) is 2.69. The van der Waals surface area contributed by atoms with E-state index in [1.54, 1.807) is 0 Å². The van der Waals surface area contributed by atoms with Gasteiger partial charge in [0.1, 0.15) is 6.33 Å². The molecule has 0 saturated heterocycles. The van der Waals surface area contributed by atoms with Gasteiger partial charge in [-0.1, -0.05) is 24.3 Å². The van der Waals surface area contributed by atoms with Gasteiger partial charge in [0.05, 0.1) is 10.4 Å². The van der Waals surface area contributed by atoms with Gasteiger partial charge in [-0.2, -0.15) is 0 Å². The molecule has 0 aliphatic heterocycles. The predicted molar refractivity (Wildman–Crippen MR) is 113 cm³/mol. The number of aromatic nitrogens is 3. The van der Waals surface area contributed by atoms with Crippen LogP contribution in [0.15, 0.2) is 60.9 Å². The van der Waals surface area contributed by atoms with Crippen molar-refractivity contribution in [2.75, 3.05) is 10.6 Å². The summed E-state index contributed by atoms with van der Waals surface area (Å²) < 4.78 is 0. The molecule has 0 fully saturated rings. The summed E-state index contributed by atoms with van der Waals surface area (Å²) >= 11 is 0. The summed E-state index contributed by atoms with van der Waals surface area (Å²) in [6, 6.07) is 16.9. The first-order chi connectivity index (χ1) is 14.0. The molecule has 4 aromatic rings. The average molecular weight is 386 g/mol. The van der Waals surface area contributed by atoms with Gasteiger partial charge in [0.2, 0.25) is 11.6 Å². The van der Waals surface area contributed by atoms with Gasteiger partial charge in [-0.3, -0.25) is 15.1 Å².